The zero-order valence-corrected chi connectivity index (χ0v) is 16.4. The lowest BCUT2D eigenvalue weighted by molar-refractivity contribution is -0.158. The number of nitrogens with zero attached hydrogens (tertiary/aromatic N) is 1. The summed E-state index contributed by atoms with van der Waals surface area (Å²) in [5, 5.41) is 0. The Hall–Kier alpha value is -1.84. The van der Waals surface area contributed by atoms with Crippen molar-refractivity contribution in [3.8, 4) is 0 Å². The number of amides is 1. The predicted molar refractivity (Wildman–Crippen MR) is 104 cm³/mol. The van der Waals surface area contributed by atoms with Crippen LogP contribution in [0.4, 0.5) is 0 Å². The lowest BCUT2D eigenvalue weighted by Gasteiger charge is -2.56. The maximum atomic E-state index is 13.7. The molecule has 4 aliphatic rings. The molecule has 4 aliphatic carbocycles. The Bertz CT molecular complexity index is 649. The highest BCUT2D eigenvalue weighted by Gasteiger charge is 2.55. The van der Waals surface area contributed by atoms with Crippen molar-refractivity contribution in [1.82, 2.24) is 4.90 Å². The number of rotatable bonds is 7. The molecule has 1 aromatic carbocycles. The molecule has 4 nitrogen and oxygen atoms in total. The van der Waals surface area contributed by atoms with Crippen molar-refractivity contribution >= 4 is 11.9 Å². The number of methoxy groups -OCH3 is 1. The zero-order valence-electron chi connectivity index (χ0n) is 16.4. The first-order chi connectivity index (χ1) is 13.1. The van der Waals surface area contributed by atoms with Crippen LogP contribution in [0.25, 0.3) is 0 Å². The minimum atomic E-state index is -0.238. The van der Waals surface area contributed by atoms with Gasteiger partial charge in [0.25, 0.3) is 0 Å². The molecule has 27 heavy (non-hydrogen) atoms. The van der Waals surface area contributed by atoms with Gasteiger partial charge in [-0.05, 0) is 68.3 Å². The van der Waals surface area contributed by atoms with Crippen molar-refractivity contribution in [2.75, 3.05) is 20.2 Å². The van der Waals surface area contributed by atoms with Crippen LogP contribution in [0.5, 0.6) is 0 Å². The van der Waals surface area contributed by atoms with Gasteiger partial charge >= 0.3 is 5.97 Å². The number of carbonyl (C=O) groups excluding carboxylic acids is 2. The summed E-state index contributed by atoms with van der Waals surface area (Å²) in [6.07, 6.45) is 8.31. The quantitative estimate of drug-likeness (QED) is 0.686. The van der Waals surface area contributed by atoms with Crippen LogP contribution in [0.1, 0.15) is 50.5 Å². The summed E-state index contributed by atoms with van der Waals surface area (Å²) in [5.41, 5.74) is 1.08. The summed E-state index contributed by atoms with van der Waals surface area (Å²) in [7, 11) is 1.41. The molecule has 0 N–H and O–H groups in total. The van der Waals surface area contributed by atoms with E-state index < -0.39 is 0 Å². The van der Waals surface area contributed by atoms with Gasteiger partial charge in [-0.3, -0.25) is 9.59 Å². The molecule has 0 saturated heterocycles. The largest absolute Gasteiger partial charge is 0.469 e. The molecule has 1 aromatic rings. The Balaban J connectivity index is 1.48. The van der Waals surface area contributed by atoms with Crippen LogP contribution in [-0.2, 0) is 20.7 Å². The summed E-state index contributed by atoms with van der Waals surface area (Å²) in [6, 6.07) is 10.3. The Morgan fingerprint density at radius 1 is 1.00 bits per heavy atom. The molecule has 1 amide bonds. The van der Waals surface area contributed by atoms with E-state index in [1.165, 1.54) is 31.9 Å². The molecular formula is C23H31NO3. The van der Waals surface area contributed by atoms with E-state index >= 15 is 0 Å². The molecule has 0 aromatic heterocycles. The standard InChI is InChI=1S/C23H31NO3/c1-27-21(25)8-10-24(9-7-17-5-3-2-4-6-17)22(26)23-14-18-11-19(15-23)13-20(12-18)16-23/h2-6,18-20H,7-16H2,1H3. The maximum absolute atomic E-state index is 13.7. The highest BCUT2D eigenvalue weighted by Crippen LogP contribution is 2.60. The SMILES string of the molecule is COC(=O)CCN(CCc1ccccc1)C(=O)C12CC3CC(CC(C3)C1)C2. The highest BCUT2D eigenvalue weighted by molar-refractivity contribution is 5.84. The molecular weight excluding hydrogens is 338 g/mol. The van der Waals surface area contributed by atoms with Gasteiger partial charge in [-0.2, -0.15) is 0 Å². The van der Waals surface area contributed by atoms with Crippen LogP contribution >= 0.6 is 0 Å². The van der Waals surface area contributed by atoms with E-state index in [4.69, 9.17) is 4.74 Å². The van der Waals surface area contributed by atoms with Gasteiger partial charge in [-0.15, -0.1) is 0 Å². The number of carbonyl (C=O) groups is 2. The third kappa shape index (κ3) is 3.90. The Morgan fingerprint density at radius 3 is 2.15 bits per heavy atom. The lowest BCUT2D eigenvalue weighted by atomic mass is 9.49. The summed E-state index contributed by atoms with van der Waals surface area (Å²) >= 11 is 0. The molecule has 0 radical (unpaired) electrons. The fourth-order valence-electron chi connectivity index (χ4n) is 6.26. The number of benzene rings is 1. The number of esters is 1. The first kappa shape index (κ1) is 18.5. The van der Waals surface area contributed by atoms with Gasteiger partial charge < -0.3 is 9.64 Å². The van der Waals surface area contributed by atoms with Crippen molar-refractivity contribution in [3.63, 3.8) is 0 Å². The van der Waals surface area contributed by atoms with Gasteiger partial charge in [-0.25, -0.2) is 0 Å². The van der Waals surface area contributed by atoms with Crippen LogP contribution in [-0.4, -0.2) is 37.0 Å². The van der Waals surface area contributed by atoms with E-state index in [0.717, 1.165) is 43.4 Å². The van der Waals surface area contributed by atoms with Gasteiger partial charge in [0.15, 0.2) is 0 Å². The molecule has 0 unspecified atom stereocenters. The van der Waals surface area contributed by atoms with E-state index in [1.54, 1.807) is 0 Å². The predicted octanol–water partition coefficient (Wildman–Crippen LogP) is 3.84. The highest BCUT2D eigenvalue weighted by atomic mass is 16.5. The Labute approximate surface area is 162 Å². The monoisotopic (exact) mass is 369 g/mol. The van der Waals surface area contributed by atoms with Gasteiger partial charge in [-0.1, -0.05) is 30.3 Å². The topological polar surface area (TPSA) is 46.6 Å². The molecule has 4 heteroatoms. The zero-order chi connectivity index (χ0) is 18.9. The van der Waals surface area contributed by atoms with Gasteiger partial charge in [0.1, 0.15) is 0 Å². The molecule has 4 saturated carbocycles. The molecule has 146 valence electrons. The molecule has 0 atom stereocenters. The van der Waals surface area contributed by atoms with E-state index in [9.17, 15) is 9.59 Å². The summed E-state index contributed by atoms with van der Waals surface area (Å²) < 4.78 is 4.82. The van der Waals surface area contributed by atoms with Crippen LogP contribution in [0, 0.1) is 23.2 Å². The van der Waals surface area contributed by atoms with Crippen molar-refractivity contribution < 1.29 is 14.3 Å². The van der Waals surface area contributed by atoms with Gasteiger partial charge in [0.05, 0.1) is 18.9 Å². The molecule has 0 spiro atoms. The van der Waals surface area contributed by atoms with Crippen LogP contribution in [0.15, 0.2) is 30.3 Å². The fraction of sp³-hybridized carbons (Fsp3) is 0.652. The summed E-state index contributed by atoms with van der Waals surface area (Å²) in [6.45, 7) is 1.15. The van der Waals surface area contributed by atoms with Crippen LogP contribution in [0.3, 0.4) is 0 Å². The van der Waals surface area contributed by atoms with Crippen LogP contribution < -0.4 is 0 Å². The second kappa shape index (κ2) is 7.65. The van der Waals surface area contributed by atoms with Gasteiger partial charge in [0, 0.05) is 13.1 Å². The molecule has 0 aliphatic heterocycles. The average molecular weight is 370 g/mol. The van der Waals surface area contributed by atoms with Crippen molar-refractivity contribution in [1.29, 1.82) is 0 Å². The third-order valence-corrected chi connectivity index (χ3v) is 7.11. The van der Waals surface area contributed by atoms with E-state index in [2.05, 4.69) is 12.1 Å². The third-order valence-electron chi connectivity index (χ3n) is 7.11. The minimum absolute atomic E-state index is 0.151. The molecule has 0 heterocycles. The maximum Gasteiger partial charge on any atom is 0.307 e. The molecule has 4 bridgehead atoms. The molecule has 4 fully saturated rings. The van der Waals surface area contributed by atoms with E-state index in [1.807, 2.05) is 23.1 Å². The Morgan fingerprint density at radius 2 is 1.59 bits per heavy atom. The second-order valence-electron chi connectivity index (χ2n) is 9.05. The van der Waals surface area contributed by atoms with Crippen LogP contribution in [0.2, 0.25) is 0 Å². The lowest BCUT2D eigenvalue weighted by Crippen LogP contribution is -2.55. The van der Waals surface area contributed by atoms with Crippen molar-refractivity contribution in [3.05, 3.63) is 35.9 Å². The number of hydrogen-bond acceptors (Lipinski definition) is 3. The minimum Gasteiger partial charge on any atom is -0.469 e. The second-order valence-corrected chi connectivity index (χ2v) is 9.05. The number of ether oxygens (including phenoxy) is 1. The van der Waals surface area contributed by atoms with E-state index in [-0.39, 0.29) is 17.8 Å². The summed E-state index contributed by atoms with van der Waals surface area (Å²) in [5.74, 6) is 2.31. The Kier molecular flexibility index (Phi) is 5.25. The first-order valence-corrected chi connectivity index (χ1v) is 10.5. The number of hydrogen-bond donors (Lipinski definition) is 0. The van der Waals surface area contributed by atoms with Gasteiger partial charge in [0.2, 0.25) is 5.91 Å². The normalized spacial score (nSPS) is 30.9. The smallest absolute Gasteiger partial charge is 0.307 e. The van der Waals surface area contributed by atoms with Crippen molar-refractivity contribution in [2.24, 2.45) is 23.2 Å². The fourth-order valence-corrected chi connectivity index (χ4v) is 6.26. The average Bonchev–Trinajstić information content (AvgIpc) is 2.67. The molecule has 5 rings (SSSR count). The van der Waals surface area contributed by atoms with E-state index in [0.29, 0.717) is 19.0 Å². The van der Waals surface area contributed by atoms with Crippen molar-refractivity contribution in [2.45, 2.75) is 51.4 Å². The summed E-state index contributed by atoms with van der Waals surface area (Å²) in [4.78, 5) is 27.4. The first-order valence-electron chi connectivity index (χ1n) is 10.5.